The zero-order chi connectivity index (χ0) is 16.4. The largest absolute Gasteiger partial charge is 0.378 e. The van der Waals surface area contributed by atoms with Crippen LogP contribution in [0.2, 0.25) is 0 Å². The Morgan fingerprint density at radius 2 is 1.65 bits per heavy atom. The number of benzene rings is 1. The number of rotatable bonds is 4. The summed E-state index contributed by atoms with van der Waals surface area (Å²) in [5.41, 5.74) is 2.30. The Balaban J connectivity index is 1.66. The van der Waals surface area contributed by atoms with Gasteiger partial charge < -0.3 is 9.80 Å². The van der Waals surface area contributed by atoms with Gasteiger partial charge in [-0.3, -0.25) is 0 Å². The zero-order valence-electron chi connectivity index (χ0n) is 13.3. The molecule has 1 aliphatic rings. The van der Waals surface area contributed by atoms with E-state index in [1.54, 1.807) is 21.8 Å². The van der Waals surface area contributed by atoms with Gasteiger partial charge in [-0.2, -0.15) is 4.31 Å². The number of nitrogens with zero attached hydrogens (tertiary/aromatic N) is 3. The van der Waals surface area contributed by atoms with Crippen molar-refractivity contribution in [3.8, 4) is 0 Å². The molecule has 0 N–H and O–H groups in total. The highest BCUT2D eigenvalue weighted by Crippen LogP contribution is 2.25. The molecule has 1 aromatic carbocycles. The van der Waals surface area contributed by atoms with Crippen molar-refractivity contribution in [3.63, 3.8) is 0 Å². The first-order valence-corrected chi connectivity index (χ1v) is 9.86. The molecule has 0 aliphatic carbocycles. The first-order chi connectivity index (χ1) is 11.0. The molecule has 0 unspecified atom stereocenters. The Hall–Kier alpha value is -1.57. The molecule has 2 heterocycles. The minimum Gasteiger partial charge on any atom is -0.378 e. The van der Waals surface area contributed by atoms with Crippen LogP contribution in [-0.2, 0) is 10.0 Å². The SMILES string of the molecule is CN(C)c1ccc(N2CCN(S(=O)(=O)c3cccs3)CC2)cc1. The van der Waals surface area contributed by atoms with Gasteiger partial charge in [0.2, 0.25) is 0 Å². The van der Waals surface area contributed by atoms with Crippen molar-refractivity contribution in [2.45, 2.75) is 4.21 Å². The molecule has 3 rings (SSSR count). The number of hydrogen-bond donors (Lipinski definition) is 0. The van der Waals surface area contributed by atoms with Crippen molar-refractivity contribution in [3.05, 3.63) is 41.8 Å². The standard InChI is InChI=1S/C16H21N3O2S2/c1-17(2)14-5-7-15(8-6-14)18-9-11-19(12-10-18)23(20,21)16-4-3-13-22-16/h3-8,13H,9-12H2,1-2H3. The molecule has 124 valence electrons. The van der Waals surface area contributed by atoms with Crippen LogP contribution < -0.4 is 9.80 Å². The quantitative estimate of drug-likeness (QED) is 0.848. The van der Waals surface area contributed by atoms with Gasteiger partial charge in [-0.25, -0.2) is 8.42 Å². The number of thiophene rings is 1. The van der Waals surface area contributed by atoms with E-state index in [1.165, 1.54) is 11.3 Å². The van der Waals surface area contributed by atoms with Crippen LogP contribution in [0, 0.1) is 0 Å². The second kappa shape index (κ2) is 6.51. The third kappa shape index (κ3) is 3.36. The van der Waals surface area contributed by atoms with Crippen LogP contribution in [-0.4, -0.2) is 53.0 Å². The molecule has 0 bridgehead atoms. The first-order valence-electron chi connectivity index (χ1n) is 7.54. The molecule has 7 heteroatoms. The maximum Gasteiger partial charge on any atom is 0.252 e. The highest BCUT2D eigenvalue weighted by atomic mass is 32.2. The summed E-state index contributed by atoms with van der Waals surface area (Å²) in [6.45, 7) is 2.48. The normalized spacial score (nSPS) is 16.5. The summed E-state index contributed by atoms with van der Waals surface area (Å²) in [6, 6.07) is 11.8. The van der Waals surface area contributed by atoms with Gasteiger partial charge in [0.15, 0.2) is 0 Å². The molecule has 0 spiro atoms. The first kappa shape index (κ1) is 16.3. The third-order valence-corrected chi connectivity index (χ3v) is 7.33. The summed E-state index contributed by atoms with van der Waals surface area (Å²) in [7, 11) is 0.710. The monoisotopic (exact) mass is 351 g/mol. The summed E-state index contributed by atoms with van der Waals surface area (Å²) < 4.78 is 27.1. The van der Waals surface area contributed by atoms with E-state index in [4.69, 9.17) is 0 Å². The van der Waals surface area contributed by atoms with E-state index in [0.717, 1.165) is 11.4 Å². The lowest BCUT2D eigenvalue weighted by Crippen LogP contribution is -2.48. The highest BCUT2D eigenvalue weighted by Gasteiger charge is 2.29. The zero-order valence-corrected chi connectivity index (χ0v) is 15.0. The topological polar surface area (TPSA) is 43.9 Å². The predicted molar refractivity (Wildman–Crippen MR) is 96.1 cm³/mol. The molecule has 1 fully saturated rings. The van der Waals surface area contributed by atoms with Crippen LogP contribution in [0.5, 0.6) is 0 Å². The van der Waals surface area contributed by atoms with Crippen LogP contribution in [0.15, 0.2) is 46.0 Å². The molecule has 23 heavy (non-hydrogen) atoms. The van der Waals surface area contributed by atoms with Crippen molar-refractivity contribution in [1.82, 2.24) is 4.31 Å². The molecule has 0 amide bonds. The molecule has 2 aromatic rings. The summed E-state index contributed by atoms with van der Waals surface area (Å²) in [4.78, 5) is 4.30. The van der Waals surface area contributed by atoms with Gasteiger partial charge in [0.05, 0.1) is 0 Å². The predicted octanol–water partition coefficient (Wildman–Crippen LogP) is 2.33. The van der Waals surface area contributed by atoms with Gasteiger partial charge >= 0.3 is 0 Å². The summed E-state index contributed by atoms with van der Waals surface area (Å²) in [5, 5.41) is 1.80. The van der Waals surface area contributed by atoms with Crippen LogP contribution in [0.3, 0.4) is 0 Å². The second-order valence-electron chi connectivity index (χ2n) is 5.73. The Kier molecular flexibility index (Phi) is 4.61. The summed E-state index contributed by atoms with van der Waals surface area (Å²) in [5.74, 6) is 0. The highest BCUT2D eigenvalue weighted by molar-refractivity contribution is 7.91. The minimum atomic E-state index is -3.32. The molecule has 0 radical (unpaired) electrons. The fraction of sp³-hybridized carbons (Fsp3) is 0.375. The Labute approximate surface area is 141 Å². The lowest BCUT2D eigenvalue weighted by Gasteiger charge is -2.35. The van der Waals surface area contributed by atoms with Crippen molar-refractivity contribution < 1.29 is 8.42 Å². The van der Waals surface area contributed by atoms with Gasteiger partial charge in [0.1, 0.15) is 4.21 Å². The van der Waals surface area contributed by atoms with Gasteiger partial charge in [0, 0.05) is 51.6 Å². The van der Waals surface area contributed by atoms with E-state index >= 15 is 0 Å². The van der Waals surface area contributed by atoms with E-state index in [-0.39, 0.29) is 0 Å². The molecule has 5 nitrogen and oxygen atoms in total. The third-order valence-electron chi connectivity index (χ3n) is 4.06. The Morgan fingerprint density at radius 1 is 1.00 bits per heavy atom. The number of piperazine rings is 1. The molecule has 1 aromatic heterocycles. The molecule has 0 atom stereocenters. The maximum atomic E-state index is 12.5. The van der Waals surface area contributed by atoms with Gasteiger partial charge in [-0.1, -0.05) is 6.07 Å². The molecular formula is C16H21N3O2S2. The lowest BCUT2D eigenvalue weighted by atomic mass is 10.2. The van der Waals surface area contributed by atoms with E-state index < -0.39 is 10.0 Å². The van der Waals surface area contributed by atoms with Crippen molar-refractivity contribution in [1.29, 1.82) is 0 Å². The lowest BCUT2D eigenvalue weighted by molar-refractivity contribution is 0.386. The van der Waals surface area contributed by atoms with E-state index in [2.05, 4.69) is 34.1 Å². The van der Waals surface area contributed by atoms with Crippen molar-refractivity contribution in [2.24, 2.45) is 0 Å². The van der Waals surface area contributed by atoms with E-state index in [0.29, 0.717) is 30.4 Å². The second-order valence-corrected chi connectivity index (χ2v) is 8.85. The summed E-state index contributed by atoms with van der Waals surface area (Å²) >= 11 is 1.28. The number of anilines is 2. The smallest absolute Gasteiger partial charge is 0.252 e. The molecule has 1 saturated heterocycles. The average molecular weight is 351 g/mol. The fourth-order valence-corrected chi connectivity index (χ4v) is 5.25. The fourth-order valence-electron chi connectivity index (χ4n) is 2.69. The van der Waals surface area contributed by atoms with E-state index in [9.17, 15) is 8.42 Å². The van der Waals surface area contributed by atoms with Crippen molar-refractivity contribution in [2.75, 3.05) is 50.1 Å². The number of sulfonamides is 1. The van der Waals surface area contributed by atoms with Crippen LogP contribution in [0.4, 0.5) is 11.4 Å². The van der Waals surface area contributed by atoms with Gasteiger partial charge in [0.25, 0.3) is 10.0 Å². The van der Waals surface area contributed by atoms with Crippen molar-refractivity contribution >= 4 is 32.7 Å². The van der Waals surface area contributed by atoms with E-state index in [1.807, 2.05) is 14.1 Å². The minimum absolute atomic E-state index is 0.432. The Morgan fingerprint density at radius 3 is 2.17 bits per heavy atom. The molecule has 0 saturated carbocycles. The number of hydrogen-bond acceptors (Lipinski definition) is 5. The molecular weight excluding hydrogens is 330 g/mol. The molecule has 1 aliphatic heterocycles. The van der Waals surface area contributed by atoms with Gasteiger partial charge in [-0.15, -0.1) is 11.3 Å². The average Bonchev–Trinajstić information content (AvgIpc) is 3.10. The van der Waals surface area contributed by atoms with Crippen LogP contribution in [0.25, 0.3) is 0 Å². The van der Waals surface area contributed by atoms with Crippen LogP contribution in [0.1, 0.15) is 0 Å². The van der Waals surface area contributed by atoms with Gasteiger partial charge in [-0.05, 0) is 35.7 Å². The Bertz CT molecular complexity index is 732. The summed E-state index contributed by atoms with van der Waals surface area (Å²) in [6.07, 6.45) is 0. The van der Waals surface area contributed by atoms with Crippen LogP contribution >= 0.6 is 11.3 Å². The maximum absolute atomic E-state index is 12.5.